The molecule has 0 rings (SSSR count). The van der Waals surface area contributed by atoms with E-state index < -0.39 is 24.4 Å². The Morgan fingerprint density at radius 1 is 1.42 bits per heavy atom. The van der Waals surface area contributed by atoms with Gasteiger partial charge in [0.1, 0.15) is 6.04 Å². The molecule has 0 aliphatic heterocycles. The Morgan fingerprint density at radius 2 is 1.92 bits per heavy atom. The van der Waals surface area contributed by atoms with Crippen LogP contribution in [0.15, 0.2) is 0 Å². The fourth-order valence-corrected chi connectivity index (χ4v) is 0.674. The van der Waals surface area contributed by atoms with E-state index in [1.54, 1.807) is 14.1 Å². The lowest BCUT2D eigenvalue weighted by Crippen LogP contribution is -2.45. The highest BCUT2D eigenvalue weighted by Crippen LogP contribution is 1.92. The van der Waals surface area contributed by atoms with E-state index >= 15 is 0 Å². The molecule has 0 aromatic heterocycles. The minimum Gasteiger partial charge on any atom is -0.481 e. The number of hydrogen-bond donors (Lipinski definition) is 3. The predicted octanol–water partition coefficient (Wildman–Crippen LogP) is -1.02. The molecule has 0 saturated carbocycles. The second-order valence-corrected chi connectivity index (χ2v) is 2.51. The van der Waals surface area contributed by atoms with E-state index in [1.807, 2.05) is 0 Å². The van der Waals surface area contributed by atoms with E-state index in [0.29, 0.717) is 0 Å². The van der Waals surface area contributed by atoms with Gasteiger partial charge in [-0.1, -0.05) is 0 Å². The van der Waals surface area contributed by atoms with Crippen LogP contribution < -0.4 is 5.43 Å². The van der Waals surface area contributed by atoms with Crippen LogP contribution in [0.4, 0.5) is 0 Å². The summed E-state index contributed by atoms with van der Waals surface area (Å²) in [5, 5.41) is 18.2. The van der Waals surface area contributed by atoms with Gasteiger partial charge in [-0.3, -0.25) is 9.59 Å². The number of nitrogens with zero attached hydrogens (tertiary/aromatic N) is 1. The molecule has 6 heteroatoms. The number of rotatable bonds is 5. The summed E-state index contributed by atoms with van der Waals surface area (Å²) in [6, 6.07) is -1.07. The van der Waals surface area contributed by atoms with Gasteiger partial charge in [0.05, 0.1) is 6.42 Å². The van der Waals surface area contributed by atoms with Crippen molar-refractivity contribution in [2.75, 3.05) is 14.1 Å². The number of carboxylic acids is 2. The van der Waals surface area contributed by atoms with Crippen molar-refractivity contribution < 1.29 is 19.8 Å². The molecule has 3 N–H and O–H groups in total. The Balaban J connectivity index is 4.04. The van der Waals surface area contributed by atoms with Crippen molar-refractivity contribution in [2.45, 2.75) is 12.5 Å². The molecule has 1 atom stereocenters. The molecule has 1 unspecified atom stereocenters. The van der Waals surface area contributed by atoms with Gasteiger partial charge in [-0.2, -0.15) is 0 Å². The molecule has 0 heterocycles. The first-order chi connectivity index (χ1) is 5.43. The summed E-state index contributed by atoms with van der Waals surface area (Å²) in [4.78, 5) is 20.6. The largest absolute Gasteiger partial charge is 0.481 e. The summed E-state index contributed by atoms with van der Waals surface area (Å²) in [6.45, 7) is 0. The van der Waals surface area contributed by atoms with Crippen molar-refractivity contribution in [2.24, 2.45) is 0 Å². The molecular formula is C6H12N2O4. The average Bonchev–Trinajstić information content (AvgIpc) is 1.83. The maximum Gasteiger partial charge on any atom is 0.322 e. The highest BCUT2D eigenvalue weighted by atomic mass is 16.4. The fraction of sp³-hybridized carbons (Fsp3) is 0.667. The van der Waals surface area contributed by atoms with Crippen LogP contribution in [-0.2, 0) is 9.59 Å². The zero-order chi connectivity index (χ0) is 9.72. The Hall–Kier alpha value is -1.14. The smallest absolute Gasteiger partial charge is 0.322 e. The minimum absolute atomic E-state index is 0.437. The SMILES string of the molecule is CN(C)NC(CC(=O)O)C(=O)O. The minimum atomic E-state index is -1.17. The monoisotopic (exact) mass is 176 g/mol. The van der Waals surface area contributed by atoms with Gasteiger partial charge in [0, 0.05) is 14.1 Å². The zero-order valence-electron chi connectivity index (χ0n) is 6.94. The van der Waals surface area contributed by atoms with Crippen LogP contribution in [0.25, 0.3) is 0 Å². The molecule has 70 valence electrons. The Bertz CT molecular complexity index is 180. The maximum absolute atomic E-state index is 10.4. The van der Waals surface area contributed by atoms with Gasteiger partial charge < -0.3 is 10.2 Å². The molecule has 0 aromatic rings. The van der Waals surface area contributed by atoms with Gasteiger partial charge in [0.15, 0.2) is 0 Å². The molecule has 0 amide bonds. The van der Waals surface area contributed by atoms with E-state index in [4.69, 9.17) is 10.2 Å². The fourth-order valence-electron chi connectivity index (χ4n) is 0.674. The normalized spacial score (nSPS) is 12.9. The van der Waals surface area contributed by atoms with Gasteiger partial charge in [-0.05, 0) is 0 Å². The molecule has 0 saturated heterocycles. The summed E-state index contributed by atoms with van der Waals surface area (Å²) in [5.74, 6) is -2.32. The Labute approximate surface area is 69.8 Å². The summed E-state index contributed by atoms with van der Waals surface area (Å²) >= 11 is 0. The summed E-state index contributed by atoms with van der Waals surface area (Å²) in [5.41, 5.74) is 2.46. The topological polar surface area (TPSA) is 89.9 Å². The van der Waals surface area contributed by atoms with Crippen molar-refractivity contribution >= 4 is 11.9 Å². The van der Waals surface area contributed by atoms with Gasteiger partial charge in [-0.25, -0.2) is 10.4 Å². The third kappa shape index (κ3) is 4.64. The third-order valence-electron chi connectivity index (χ3n) is 1.09. The van der Waals surface area contributed by atoms with Crippen molar-refractivity contribution in [3.8, 4) is 0 Å². The van der Waals surface area contributed by atoms with Crippen LogP contribution in [0.5, 0.6) is 0 Å². The van der Waals surface area contributed by atoms with Crippen LogP contribution in [-0.4, -0.2) is 47.3 Å². The quantitative estimate of drug-likeness (QED) is 0.464. The number of nitrogens with one attached hydrogen (secondary N) is 1. The van der Waals surface area contributed by atoms with Gasteiger partial charge in [0.25, 0.3) is 0 Å². The van der Waals surface area contributed by atoms with Gasteiger partial charge in [0.2, 0.25) is 0 Å². The summed E-state index contributed by atoms with van der Waals surface area (Å²) in [7, 11) is 3.19. The van der Waals surface area contributed by atoms with Gasteiger partial charge in [-0.15, -0.1) is 0 Å². The highest BCUT2D eigenvalue weighted by Gasteiger charge is 2.20. The van der Waals surface area contributed by atoms with Crippen LogP contribution in [0.3, 0.4) is 0 Å². The number of aliphatic carboxylic acids is 2. The molecule has 6 nitrogen and oxygen atoms in total. The highest BCUT2D eigenvalue weighted by molar-refractivity contribution is 5.80. The second kappa shape index (κ2) is 4.68. The molecule has 0 spiro atoms. The number of carbonyl (C=O) groups is 2. The lowest BCUT2D eigenvalue weighted by molar-refractivity contribution is -0.147. The van der Waals surface area contributed by atoms with E-state index in [2.05, 4.69) is 5.43 Å². The van der Waals surface area contributed by atoms with E-state index in [1.165, 1.54) is 5.01 Å². The number of carboxylic acid groups (broad SMARTS) is 2. The molecule has 0 aliphatic carbocycles. The van der Waals surface area contributed by atoms with Crippen molar-refractivity contribution in [1.29, 1.82) is 0 Å². The molecule has 0 aliphatic rings. The lowest BCUT2D eigenvalue weighted by atomic mass is 10.2. The Kier molecular flexibility index (Phi) is 4.24. The van der Waals surface area contributed by atoms with E-state index in [9.17, 15) is 9.59 Å². The average molecular weight is 176 g/mol. The zero-order valence-corrected chi connectivity index (χ0v) is 6.94. The van der Waals surface area contributed by atoms with Crippen LogP contribution in [0.1, 0.15) is 6.42 Å². The first kappa shape index (κ1) is 10.9. The van der Waals surface area contributed by atoms with Crippen LogP contribution >= 0.6 is 0 Å². The molecular weight excluding hydrogens is 164 g/mol. The lowest BCUT2D eigenvalue weighted by Gasteiger charge is -2.17. The molecule has 0 aromatic carbocycles. The van der Waals surface area contributed by atoms with E-state index in [0.717, 1.165) is 0 Å². The molecule has 0 bridgehead atoms. The van der Waals surface area contributed by atoms with Crippen LogP contribution in [0, 0.1) is 0 Å². The van der Waals surface area contributed by atoms with Gasteiger partial charge >= 0.3 is 11.9 Å². The summed E-state index contributed by atoms with van der Waals surface area (Å²) in [6.07, 6.45) is -0.437. The van der Waals surface area contributed by atoms with Crippen molar-refractivity contribution in [1.82, 2.24) is 10.4 Å². The molecule has 0 radical (unpaired) electrons. The molecule has 0 fully saturated rings. The Morgan fingerprint density at radius 3 is 2.17 bits per heavy atom. The van der Waals surface area contributed by atoms with Crippen LogP contribution in [0.2, 0.25) is 0 Å². The summed E-state index contributed by atoms with van der Waals surface area (Å²) < 4.78 is 0. The predicted molar refractivity (Wildman–Crippen MR) is 40.5 cm³/mol. The number of hydrogen-bond acceptors (Lipinski definition) is 4. The van der Waals surface area contributed by atoms with E-state index in [-0.39, 0.29) is 0 Å². The standard InChI is InChI=1S/C6H12N2O4/c1-8(2)7-4(6(11)12)3-5(9)10/h4,7H,3H2,1-2H3,(H,9,10)(H,11,12). The number of hydrazine groups is 1. The molecule has 12 heavy (non-hydrogen) atoms. The second-order valence-electron chi connectivity index (χ2n) is 2.51. The first-order valence-corrected chi connectivity index (χ1v) is 3.31. The van der Waals surface area contributed by atoms with Crippen molar-refractivity contribution in [3.63, 3.8) is 0 Å². The maximum atomic E-state index is 10.4. The van der Waals surface area contributed by atoms with Crippen molar-refractivity contribution in [3.05, 3.63) is 0 Å². The third-order valence-corrected chi connectivity index (χ3v) is 1.09. The first-order valence-electron chi connectivity index (χ1n) is 3.31.